The summed E-state index contributed by atoms with van der Waals surface area (Å²) in [4.78, 5) is 0. The zero-order valence-electron chi connectivity index (χ0n) is 18.7. The quantitative estimate of drug-likeness (QED) is 0.503. The third kappa shape index (κ3) is 3.53. The molecule has 0 aromatic heterocycles. The van der Waals surface area contributed by atoms with E-state index >= 15 is 0 Å². The molecule has 1 nitrogen and oxygen atoms in total. The van der Waals surface area contributed by atoms with Crippen molar-refractivity contribution in [3.05, 3.63) is 0 Å². The van der Waals surface area contributed by atoms with Crippen LogP contribution in [0.5, 0.6) is 0 Å². The Hall–Kier alpha value is -0.0400. The molecule has 1 N–H and O–H groups in total. The Labute approximate surface area is 169 Å². The molecule has 27 heavy (non-hydrogen) atoms. The topological polar surface area (TPSA) is 20.2 Å². The van der Waals surface area contributed by atoms with Gasteiger partial charge in [0.1, 0.15) is 0 Å². The highest BCUT2D eigenvalue weighted by atomic mass is 16.3. The molecule has 0 amide bonds. The van der Waals surface area contributed by atoms with Crippen LogP contribution in [0.1, 0.15) is 111 Å². The molecule has 7 unspecified atom stereocenters. The summed E-state index contributed by atoms with van der Waals surface area (Å²) in [5.74, 6) is 5.66. The number of fused-ring (bicyclic) bond motifs is 5. The van der Waals surface area contributed by atoms with E-state index in [1.807, 2.05) is 0 Å². The first-order valence-corrected chi connectivity index (χ1v) is 12.5. The zero-order chi connectivity index (χ0) is 19.2. The molecule has 0 heterocycles. The smallest absolute Gasteiger partial charge is 0.0543 e. The molecular formula is C26H46O. The van der Waals surface area contributed by atoms with Crippen molar-refractivity contribution in [3.63, 3.8) is 0 Å². The monoisotopic (exact) mass is 374 g/mol. The van der Waals surface area contributed by atoms with E-state index in [9.17, 15) is 5.11 Å². The summed E-state index contributed by atoms with van der Waals surface area (Å²) < 4.78 is 0. The maximum atomic E-state index is 10.2. The first-order chi connectivity index (χ1) is 12.8. The van der Waals surface area contributed by atoms with Gasteiger partial charge in [0.2, 0.25) is 0 Å². The third-order valence-electron chi connectivity index (χ3n) is 10.4. The minimum Gasteiger partial charge on any atom is -0.393 e. The lowest BCUT2D eigenvalue weighted by Crippen LogP contribution is -2.53. The van der Waals surface area contributed by atoms with Gasteiger partial charge in [-0.3, -0.25) is 0 Å². The Balaban J connectivity index is 1.43. The maximum Gasteiger partial charge on any atom is 0.0543 e. The lowest BCUT2D eigenvalue weighted by atomic mass is 9.44. The molecule has 0 aliphatic heterocycles. The highest BCUT2D eigenvalue weighted by molar-refractivity contribution is 5.09. The van der Waals surface area contributed by atoms with E-state index in [0.717, 1.165) is 48.3 Å². The summed E-state index contributed by atoms with van der Waals surface area (Å²) in [7, 11) is 0. The van der Waals surface area contributed by atoms with E-state index in [4.69, 9.17) is 0 Å². The summed E-state index contributed by atoms with van der Waals surface area (Å²) in [5, 5.41) is 10.2. The van der Waals surface area contributed by atoms with Crippen LogP contribution >= 0.6 is 0 Å². The van der Waals surface area contributed by atoms with Crippen LogP contribution < -0.4 is 0 Å². The molecule has 0 aromatic carbocycles. The lowest BCUT2D eigenvalue weighted by molar-refractivity contribution is -0.127. The second-order valence-corrected chi connectivity index (χ2v) is 12.1. The van der Waals surface area contributed by atoms with Crippen molar-refractivity contribution >= 4 is 0 Å². The highest BCUT2D eigenvalue weighted by Gasteiger charge is 2.59. The fourth-order valence-corrected chi connectivity index (χ4v) is 8.76. The summed E-state index contributed by atoms with van der Waals surface area (Å²) in [6, 6.07) is 0. The number of hydrogen-bond donors (Lipinski definition) is 1. The van der Waals surface area contributed by atoms with Crippen LogP contribution in [0.3, 0.4) is 0 Å². The van der Waals surface area contributed by atoms with Gasteiger partial charge in [-0.15, -0.1) is 0 Å². The second-order valence-electron chi connectivity index (χ2n) is 12.1. The van der Waals surface area contributed by atoms with Gasteiger partial charge in [0, 0.05) is 0 Å². The van der Waals surface area contributed by atoms with Gasteiger partial charge in [0.15, 0.2) is 0 Å². The Morgan fingerprint density at radius 3 is 2.37 bits per heavy atom. The molecule has 4 aliphatic carbocycles. The first-order valence-electron chi connectivity index (χ1n) is 12.5. The number of unbranched alkanes of at least 4 members (excludes halogenated alkanes) is 1. The van der Waals surface area contributed by atoms with Crippen LogP contribution in [0.4, 0.5) is 0 Å². The molecule has 0 saturated heterocycles. The summed E-state index contributed by atoms with van der Waals surface area (Å²) >= 11 is 0. The average molecular weight is 375 g/mol. The Kier molecular flexibility index (Phi) is 5.74. The van der Waals surface area contributed by atoms with Gasteiger partial charge in [0.05, 0.1) is 6.10 Å². The molecule has 4 rings (SSSR count). The zero-order valence-corrected chi connectivity index (χ0v) is 18.7. The van der Waals surface area contributed by atoms with Crippen molar-refractivity contribution in [2.45, 2.75) is 117 Å². The Morgan fingerprint density at radius 1 is 0.852 bits per heavy atom. The van der Waals surface area contributed by atoms with E-state index < -0.39 is 0 Å². The molecule has 156 valence electrons. The minimum atomic E-state index is -0.00446. The molecule has 4 saturated carbocycles. The van der Waals surface area contributed by atoms with Gasteiger partial charge >= 0.3 is 0 Å². The SMILES string of the molecule is CC(C)CCCCC1CCC2C3CCC4C[C@@H](O)CCC4(C)C3CCC12C. The predicted molar refractivity (Wildman–Crippen MR) is 115 cm³/mol. The number of aliphatic hydroxyl groups excluding tert-OH is 1. The molecule has 0 radical (unpaired) electrons. The van der Waals surface area contributed by atoms with E-state index in [-0.39, 0.29) is 6.10 Å². The van der Waals surface area contributed by atoms with Crippen LogP contribution in [0.15, 0.2) is 0 Å². The van der Waals surface area contributed by atoms with Crippen molar-refractivity contribution < 1.29 is 5.11 Å². The van der Waals surface area contributed by atoms with Crippen molar-refractivity contribution in [1.29, 1.82) is 0 Å². The molecule has 4 aliphatic rings. The molecular weight excluding hydrogens is 328 g/mol. The van der Waals surface area contributed by atoms with E-state index in [1.54, 1.807) is 0 Å². The Bertz CT molecular complexity index is 512. The van der Waals surface area contributed by atoms with Gasteiger partial charge in [-0.25, -0.2) is 0 Å². The molecule has 0 aromatic rings. The average Bonchev–Trinajstić information content (AvgIpc) is 2.96. The van der Waals surface area contributed by atoms with Gasteiger partial charge in [0.25, 0.3) is 0 Å². The normalized spacial score (nSPS) is 49.6. The van der Waals surface area contributed by atoms with Crippen LogP contribution in [-0.2, 0) is 0 Å². The fourth-order valence-electron chi connectivity index (χ4n) is 8.76. The second kappa shape index (κ2) is 7.66. The van der Waals surface area contributed by atoms with E-state index in [0.29, 0.717) is 10.8 Å². The van der Waals surface area contributed by atoms with Crippen LogP contribution in [0.2, 0.25) is 0 Å². The number of rotatable bonds is 5. The van der Waals surface area contributed by atoms with Crippen molar-refractivity contribution in [3.8, 4) is 0 Å². The number of hydrogen-bond acceptors (Lipinski definition) is 1. The molecule has 0 bridgehead atoms. The van der Waals surface area contributed by atoms with Crippen LogP contribution in [-0.4, -0.2) is 11.2 Å². The molecule has 8 atom stereocenters. The van der Waals surface area contributed by atoms with Gasteiger partial charge < -0.3 is 5.11 Å². The standard InChI is InChI=1S/C26H46O/c1-18(2)7-5-6-8-19-10-12-23-22-11-9-20-17-21(27)13-15-26(20,4)24(22)14-16-25(19,23)3/h18-24,27H,5-17H2,1-4H3/t19?,20?,21-,22?,23?,24?,25?,26?/m0/s1. The van der Waals surface area contributed by atoms with Crippen LogP contribution in [0.25, 0.3) is 0 Å². The largest absolute Gasteiger partial charge is 0.393 e. The maximum absolute atomic E-state index is 10.2. The summed E-state index contributed by atoms with van der Waals surface area (Å²) in [6.07, 6.45) is 18.2. The van der Waals surface area contributed by atoms with Crippen molar-refractivity contribution in [1.82, 2.24) is 0 Å². The Morgan fingerprint density at radius 2 is 1.59 bits per heavy atom. The number of aliphatic hydroxyl groups is 1. The van der Waals surface area contributed by atoms with Crippen molar-refractivity contribution in [2.24, 2.45) is 46.3 Å². The van der Waals surface area contributed by atoms with Gasteiger partial charge in [-0.05, 0) is 111 Å². The fraction of sp³-hybridized carbons (Fsp3) is 1.00. The van der Waals surface area contributed by atoms with Gasteiger partial charge in [-0.2, -0.15) is 0 Å². The molecule has 4 fully saturated rings. The summed E-state index contributed by atoms with van der Waals surface area (Å²) in [6.45, 7) is 10.1. The highest BCUT2D eigenvalue weighted by Crippen LogP contribution is 2.67. The predicted octanol–water partition coefficient (Wildman–Crippen LogP) is 7.22. The summed E-state index contributed by atoms with van der Waals surface area (Å²) in [5.41, 5.74) is 1.19. The third-order valence-corrected chi connectivity index (χ3v) is 10.4. The van der Waals surface area contributed by atoms with Crippen LogP contribution in [0, 0.1) is 46.3 Å². The van der Waals surface area contributed by atoms with E-state index in [1.165, 1.54) is 70.6 Å². The van der Waals surface area contributed by atoms with Crippen molar-refractivity contribution in [2.75, 3.05) is 0 Å². The molecule has 0 spiro atoms. The lowest BCUT2D eigenvalue weighted by Gasteiger charge is -2.61. The minimum absolute atomic E-state index is 0.00446. The molecule has 1 heteroatoms. The van der Waals surface area contributed by atoms with Gasteiger partial charge in [-0.1, -0.05) is 47.0 Å². The first kappa shape index (κ1) is 20.2. The van der Waals surface area contributed by atoms with E-state index in [2.05, 4.69) is 27.7 Å².